The third-order valence-electron chi connectivity index (χ3n) is 4.62. The Morgan fingerprint density at radius 1 is 1.09 bits per heavy atom. The minimum atomic E-state index is -0.562. The van der Waals surface area contributed by atoms with Crippen LogP contribution >= 0.6 is 0 Å². The second-order valence-corrected chi connectivity index (χ2v) is 7.58. The van der Waals surface area contributed by atoms with Crippen LogP contribution in [0.1, 0.15) is 48.0 Å². The van der Waals surface area contributed by atoms with Crippen LogP contribution in [-0.2, 0) is 25.3 Å². The molecular formula is C16H25BN2O4. The van der Waals surface area contributed by atoms with Crippen LogP contribution < -0.4 is 5.46 Å². The van der Waals surface area contributed by atoms with E-state index in [4.69, 9.17) is 18.8 Å². The molecule has 23 heavy (non-hydrogen) atoms. The van der Waals surface area contributed by atoms with E-state index >= 15 is 0 Å². The summed E-state index contributed by atoms with van der Waals surface area (Å²) in [5, 5.41) is 4.39. The van der Waals surface area contributed by atoms with Gasteiger partial charge >= 0.3 is 7.12 Å². The predicted octanol–water partition coefficient (Wildman–Crippen LogP) is 2.20. The lowest BCUT2D eigenvalue weighted by atomic mass is 9.82. The maximum atomic E-state index is 6.04. The molecule has 7 heteroatoms. The van der Waals surface area contributed by atoms with Gasteiger partial charge in [0.15, 0.2) is 0 Å². The predicted molar refractivity (Wildman–Crippen MR) is 86.9 cm³/mol. The quantitative estimate of drug-likeness (QED) is 0.796. The molecule has 1 fully saturated rings. The molecule has 1 saturated heterocycles. The first kappa shape index (κ1) is 16.4. The summed E-state index contributed by atoms with van der Waals surface area (Å²) in [5.41, 5.74) is 0.248. The van der Waals surface area contributed by atoms with Gasteiger partial charge in [0.1, 0.15) is 12.0 Å². The average Bonchev–Trinajstić information content (AvgIpc) is 3.05. The van der Waals surface area contributed by atoms with E-state index in [0.717, 1.165) is 17.6 Å². The van der Waals surface area contributed by atoms with E-state index in [0.29, 0.717) is 6.54 Å². The molecule has 0 amide bonds. The highest BCUT2D eigenvalue weighted by molar-refractivity contribution is 6.61. The molecule has 0 unspecified atom stereocenters. The highest BCUT2D eigenvalue weighted by Crippen LogP contribution is 2.36. The monoisotopic (exact) mass is 320 g/mol. The average molecular weight is 320 g/mol. The molecule has 0 saturated carbocycles. The van der Waals surface area contributed by atoms with Crippen molar-refractivity contribution in [1.82, 2.24) is 9.78 Å². The molecule has 1 aromatic heterocycles. The molecule has 3 heterocycles. The van der Waals surface area contributed by atoms with Crippen molar-refractivity contribution in [3.05, 3.63) is 24.4 Å². The van der Waals surface area contributed by atoms with Crippen molar-refractivity contribution in [2.45, 2.75) is 71.5 Å². The largest absolute Gasteiger partial charge is 0.498 e. The Hall–Kier alpha value is -1.47. The van der Waals surface area contributed by atoms with Crippen LogP contribution in [0.3, 0.4) is 0 Å². The zero-order valence-electron chi connectivity index (χ0n) is 14.8. The molecule has 6 nitrogen and oxygen atoms in total. The first-order chi connectivity index (χ1) is 10.6. The minimum absolute atomic E-state index is 0.342. The molecule has 2 aliphatic rings. The number of hydrogen-bond acceptors (Lipinski definition) is 5. The number of allylic oxidation sites excluding steroid dienone is 1. The fourth-order valence-electron chi connectivity index (χ4n) is 2.51. The molecule has 0 bridgehead atoms. The molecular weight excluding hydrogens is 295 g/mol. The van der Waals surface area contributed by atoms with Crippen LogP contribution in [0.4, 0.5) is 0 Å². The van der Waals surface area contributed by atoms with Crippen molar-refractivity contribution in [3.63, 3.8) is 0 Å². The third kappa shape index (κ3) is 3.26. The molecule has 126 valence electrons. The summed E-state index contributed by atoms with van der Waals surface area (Å²) in [6.07, 6.45) is 6.17. The standard InChI is InChI=1S/C16H25BN2O4/c1-14(2)15(3,4)23-17(22-14)12-9-18-19(10-12)8-7-13-11-20-16(5,6)21-13/h9-11H,7-8H2,1-6H3. The van der Waals surface area contributed by atoms with E-state index in [-0.39, 0.29) is 18.3 Å². The van der Waals surface area contributed by atoms with Crippen molar-refractivity contribution < 1.29 is 18.8 Å². The Balaban J connectivity index is 1.59. The number of aromatic nitrogens is 2. The molecule has 2 aliphatic heterocycles. The lowest BCUT2D eigenvalue weighted by molar-refractivity contribution is -0.117. The number of hydrogen-bond donors (Lipinski definition) is 0. The Bertz CT molecular complexity index is 605. The Labute approximate surface area is 137 Å². The van der Waals surface area contributed by atoms with E-state index in [1.165, 1.54) is 0 Å². The Morgan fingerprint density at radius 3 is 2.30 bits per heavy atom. The summed E-state index contributed by atoms with van der Waals surface area (Å²) in [5.74, 6) is 0.274. The highest BCUT2D eigenvalue weighted by Gasteiger charge is 2.52. The van der Waals surface area contributed by atoms with Crippen molar-refractivity contribution in [2.75, 3.05) is 0 Å². The van der Waals surface area contributed by atoms with Crippen LogP contribution in [0.2, 0.25) is 0 Å². The molecule has 0 aliphatic carbocycles. The molecule has 1 aromatic rings. The van der Waals surface area contributed by atoms with Gasteiger partial charge in [0, 0.05) is 44.7 Å². The fourth-order valence-corrected chi connectivity index (χ4v) is 2.51. The smallest absolute Gasteiger partial charge is 0.457 e. The van der Waals surface area contributed by atoms with Gasteiger partial charge in [-0.3, -0.25) is 4.68 Å². The maximum absolute atomic E-state index is 6.04. The molecule has 0 spiro atoms. The van der Waals surface area contributed by atoms with E-state index in [2.05, 4.69) is 5.10 Å². The number of nitrogens with zero attached hydrogens (tertiary/aromatic N) is 2. The molecule has 3 rings (SSSR count). The fraction of sp³-hybridized carbons (Fsp3) is 0.688. The van der Waals surface area contributed by atoms with E-state index in [9.17, 15) is 0 Å². The number of aryl methyl sites for hydroxylation is 1. The van der Waals surface area contributed by atoms with E-state index < -0.39 is 5.79 Å². The zero-order valence-corrected chi connectivity index (χ0v) is 14.8. The van der Waals surface area contributed by atoms with Crippen LogP contribution in [0, 0.1) is 0 Å². The molecule has 0 atom stereocenters. The number of rotatable bonds is 4. The van der Waals surface area contributed by atoms with Gasteiger partial charge in [-0.2, -0.15) is 5.10 Å². The molecule has 0 aromatic carbocycles. The number of ether oxygens (including phenoxy) is 2. The van der Waals surface area contributed by atoms with Gasteiger partial charge < -0.3 is 18.8 Å². The summed E-state index contributed by atoms with van der Waals surface area (Å²) in [7, 11) is -0.377. The van der Waals surface area contributed by atoms with Crippen molar-refractivity contribution in [2.24, 2.45) is 0 Å². The first-order valence-corrected chi connectivity index (χ1v) is 8.02. The Kier molecular flexibility index (Phi) is 3.76. The van der Waals surface area contributed by atoms with Crippen molar-refractivity contribution >= 4 is 12.6 Å². The van der Waals surface area contributed by atoms with Gasteiger partial charge in [0.2, 0.25) is 5.79 Å². The van der Waals surface area contributed by atoms with Crippen molar-refractivity contribution in [3.8, 4) is 0 Å². The summed E-state index contributed by atoms with van der Waals surface area (Å²) < 4.78 is 25.0. The lowest BCUT2D eigenvalue weighted by Crippen LogP contribution is -2.41. The van der Waals surface area contributed by atoms with Crippen LogP contribution in [0.15, 0.2) is 24.4 Å². The minimum Gasteiger partial charge on any atom is -0.457 e. The maximum Gasteiger partial charge on any atom is 0.498 e. The SMILES string of the molecule is CC1(C)OC=C(CCn2cc(B3OC(C)(C)C(C)(C)O3)cn2)O1. The third-order valence-corrected chi connectivity index (χ3v) is 4.62. The van der Waals surface area contributed by atoms with Crippen molar-refractivity contribution in [1.29, 1.82) is 0 Å². The van der Waals surface area contributed by atoms with Gasteiger partial charge in [0.25, 0.3) is 0 Å². The molecule has 0 N–H and O–H groups in total. The van der Waals surface area contributed by atoms with Crippen LogP contribution in [0.5, 0.6) is 0 Å². The lowest BCUT2D eigenvalue weighted by Gasteiger charge is -2.32. The van der Waals surface area contributed by atoms with E-state index in [1.807, 2.05) is 52.4 Å². The highest BCUT2D eigenvalue weighted by atomic mass is 16.7. The normalized spacial score (nSPS) is 24.3. The van der Waals surface area contributed by atoms with E-state index in [1.54, 1.807) is 12.5 Å². The van der Waals surface area contributed by atoms with Gasteiger partial charge in [0.05, 0.1) is 11.2 Å². The van der Waals surface area contributed by atoms with Gasteiger partial charge in [-0.25, -0.2) is 0 Å². The van der Waals surface area contributed by atoms with Gasteiger partial charge in [-0.1, -0.05) is 0 Å². The summed E-state index contributed by atoms with van der Waals surface area (Å²) >= 11 is 0. The summed E-state index contributed by atoms with van der Waals surface area (Å²) in [4.78, 5) is 0. The summed E-state index contributed by atoms with van der Waals surface area (Å²) in [6.45, 7) is 12.7. The Morgan fingerprint density at radius 2 is 1.74 bits per heavy atom. The second kappa shape index (κ2) is 5.28. The van der Waals surface area contributed by atoms with Gasteiger partial charge in [-0.05, 0) is 27.7 Å². The zero-order chi connectivity index (χ0) is 16.9. The van der Waals surface area contributed by atoms with Crippen LogP contribution in [-0.4, -0.2) is 33.9 Å². The molecule has 0 radical (unpaired) electrons. The van der Waals surface area contributed by atoms with Gasteiger partial charge in [-0.15, -0.1) is 0 Å². The van der Waals surface area contributed by atoms with Crippen LogP contribution in [0.25, 0.3) is 0 Å². The second-order valence-electron chi connectivity index (χ2n) is 7.58. The topological polar surface area (TPSA) is 54.7 Å². The first-order valence-electron chi connectivity index (χ1n) is 8.02. The summed E-state index contributed by atoms with van der Waals surface area (Å²) in [6, 6.07) is 0.